The lowest BCUT2D eigenvalue weighted by Crippen LogP contribution is -2.28. The highest BCUT2D eigenvalue weighted by molar-refractivity contribution is 5.63. The van der Waals surface area contributed by atoms with Crippen molar-refractivity contribution in [2.75, 3.05) is 7.05 Å². The van der Waals surface area contributed by atoms with Gasteiger partial charge >= 0.3 is 0 Å². The first-order valence-corrected chi connectivity index (χ1v) is 2.27. The fourth-order valence-electron chi connectivity index (χ4n) is 0.174. The fourth-order valence-corrected chi connectivity index (χ4v) is 0.174. The lowest BCUT2D eigenvalue weighted by Gasteiger charge is -2.11. The number of carbonyl (C=O) groups excluding carboxylic acids is 2. The van der Waals surface area contributed by atoms with Crippen LogP contribution in [-0.2, 0) is 9.59 Å². The van der Waals surface area contributed by atoms with Gasteiger partial charge in [0, 0.05) is 7.05 Å². The van der Waals surface area contributed by atoms with Crippen LogP contribution in [0, 0.1) is 0 Å². The number of rotatable bonds is 3. The van der Waals surface area contributed by atoms with Gasteiger partial charge in [-0.1, -0.05) is 0 Å². The molecule has 0 rings (SSSR count). The lowest BCUT2D eigenvalue weighted by molar-refractivity contribution is -0.117. The van der Waals surface area contributed by atoms with Gasteiger partial charge in [-0.2, -0.15) is 0 Å². The SMILES string of the molecule is C[C@@H]([C]=O)N(C)C=O. The van der Waals surface area contributed by atoms with Crippen LogP contribution < -0.4 is 0 Å². The summed E-state index contributed by atoms with van der Waals surface area (Å²) in [6.45, 7) is 1.60. The maximum absolute atomic E-state index is 9.85. The van der Waals surface area contributed by atoms with Crippen LogP contribution in [0.1, 0.15) is 6.92 Å². The van der Waals surface area contributed by atoms with Gasteiger partial charge < -0.3 is 4.90 Å². The average Bonchev–Trinajstić information content (AvgIpc) is 1.84. The van der Waals surface area contributed by atoms with Crippen LogP contribution >= 0.6 is 0 Å². The van der Waals surface area contributed by atoms with Gasteiger partial charge in [-0.15, -0.1) is 0 Å². The monoisotopic (exact) mass is 114 g/mol. The van der Waals surface area contributed by atoms with Crippen molar-refractivity contribution in [3.05, 3.63) is 0 Å². The number of hydrogen-bond donors (Lipinski definition) is 0. The van der Waals surface area contributed by atoms with E-state index in [9.17, 15) is 9.59 Å². The van der Waals surface area contributed by atoms with E-state index in [1.165, 1.54) is 11.9 Å². The minimum atomic E-state index is -0.424. The molecule has 0 unspecified atom stereocenters. The summed E-state index contributed by atoms with van der Waals surface area (Å²) in [5.74, 6) is 0. The normalized spacial score (nSPS) is 12.2. The van der Waals surface area contributed by atoms with Gasteiger partial charge in [-0.25, -0.2) is 0 Å². The molecule has 0 heterocycles. The highest BCUT2D eigenvalue weighted by Gasteiger charge is 2.02. The Morgan fingerprint density at radius 3 is 2.38 bits per heavy atom. The summed E-state index contributed by atoms with van der Waals surface area (Å²) in [4.78, 5) is 20.9. The largest absolute Gasteiger partial charge is 0.338 e. The van der Waals surface area contributed by atoms with Crippen LogP contribution in [0.2, 0.25) is 0 Å². The zero-order valence-electron chi connectivity index (χ0n) is 4.92. The van der Waals surface area contributed by atoms with E-state index in [1.807, 2.05) is 0 Å². The second kappa shape index (κ2) is 3.18. The van der Waals surface area contributed by atoms with Crippen molar-refractivity contribution in [3.63, 3.8) is 0 Å². The number of amides is 1. The number of likely N-dealkylation sites (N-methyl/N-ethyl adjacent to an activating group) is 1. The van der Waals surface area contributed by atoms with Crippen molar-refractivity contribution in [3.8, 4) is 0 Å². The van der Waals surface area contributed by atoms with Gasteiger partial charge in [0.15, 0.2) is 0 Å². The predicted octanol–water partition coefficient (Wildman–Crippen LogP) is -0.427. The molecule has 0 aliphatic rings. The molecule has 0 N–H and O–H groups in total. The van der Waals surface area contributed by atoms with E-state index in [-0.39, 0.29) is 0 Å². The Balaban J connectivity index is 3.60. The third-order valence-corrected chi connectivity index (χ3v) is 0.948. The summed E-state index contributed by atoms with van der Waals surface area (Å²) in [5.41, 5.74) is 0. The molecule has 45 valence electrons. The minimum absolute atomic E-state index is 0.424. The number of nitrogens with zero attached hydrogens (tertiary/aromatic N) is 1. The molecule has 0 saturated carbocycles. The van der Waals surface area contributed by atoms with Crippen LogP contribution in [0.15, 0.2) is 0 Å². The molecule has 1 atom stereocenters. The first kappa shape index (κ1) is 7.14. The van der Waals surface area contributed by atoms with Crippen LogP contribution in [0.3, 0.4) is 0 Å². The lowest BCUT2D eigenvalue weighted by atomic mass is 10.4. The quantitative estimate of drug-likeness (QED) is 0.467. The molecule has 0 aromatic carbocycles. The predicted molar refractivity (Wildman–Crippen MR) is 29.0 cm³/mol. The van der Waals surface area contributed by atoms with Gasteiger partial charge in [0.1, 0.15) is 0 Å². The molecule has 0 bridgehead atoms. The molecular formula is C5H8NO2. The zero-order valence-corrected chi connectivity index (χ0v) is 4.92. The standard InChI is InChI=1S/C5H8NO2/c1-5(3-7)6(2)4-8/h4-5H,1-2H3/t5-/m0/s1. The molecule has 0 aliphatic heterocycles. The van der Waals surface area contributed by atoms with Crippen LogP contribution in [0.4, 0.5) is 0 Å². The van der Waals surface area contributed by atoms with Crippen LogP contribution in [0.25, 0.3) is 0 Å². The van der Waals surface area contributed by atoms with Crippen LogP contribution in [0.5, 0.6) is 0 Å². The van der Waals surface area contributed by atoms with E-state index in [0.29, 0.717) is 6.41 Å². The molecule has 0 aromatic heterocycles. The second-order valence-corrected chi connectivity index (χ2v) is 1.56. The highest BCUT2D eigenvalue weighted by Crippen LogP contribution is 1.83. The molecule has 0 aliphatic carbocycles. The molecule has 0 saturated heterocycles. The highest BCUT2D eigenvalue weighted by atomic mass is 16.1. The molecule has 8 heavy (non-hydrogen) atoms. The summed E-state index contributed by atoms with van der Waals surface area (Å²) >= 11 is 0. The van der Waals surface area contributed by atoms with Crippen LogP contribution in [-0.4, -0.2) is 30.7 Å². The number of hydrogen-bond acceptors (Lipinski definition) is 2. The maximum Gasteiger partial charge on any atom is 0.222 e. The van der Waals surface area contributed by atoms with E-state index in [2.05, 4.69) is 0 Å². The van der Waals surface area contributed by atoms with Gasteiger partial charge in [0.25, 0.3) is 0 Å². The Bertz CT molecular complexity index is 80.4. The third-order valence-electron chi connectivity index (χ3n) is 0.948. The molecular weight excluding hydrogens is 106 g/mol. The van der Waals surface area contributed by atoms with Crippen molar-refractivity contribution in [2.24, 2.45) is 0 Å². The van der Waals surface area contributed by atoms with E-state index in [1.54, 1.807) is 13.2 Å². The van der Waals surface area contributed by atoms with Crippen molar-refractivity contribution in [2.45, 2.75) is 13.0 Å². The Hall–Kier alpha value is -0.860. The molecule has 0 spiro atoms. The fraction of sp³-hybridized carbons (Fsp3) is 0.600. The Morgan fingerprint density at radius 1 is 1.75 bits per heavy atom. The molecule has 1 radical (unpaired) electrons. The Kier molecular flexibility index (Phi) is 2.84. The Morgan fingerprint density at radius 2 is 2.25 bits per heavy atom. The van der Waals surface area contributed by atoms with Gasteiger partial charge in [-0.3, -0.25) is 9.59 Å². The molecule has 0 fully saturated rings. The third kappa shape index (κ3) is 1.73. The summed E-state index contributed by atoms with van der Waals surface area (Å²) in [7, 11) is 1.53. The van der Waals surface area contributed by atoms with Gasteiger partial charge in [0.05, 0.1) is 6.04 Å². The summed E-state index contributed by atoms with van der Waals surface area (Å²) in [5, 5.41) is 0. The molecule has 3 heteroatoms. The van der Waals surface area contributed by atoms with Crippen molar-refractivity contribution >= 4 is 12.7 Å². The second-order valence-electron chi connectivity index (χ2n) is 1.56. The molecule has 1 amide bonds. The van der Waals surface area contributed by atoms with Gasteiger partial charge in [-0.05, 0) is 6.92 Å². The van der Waals surface area contributed by atoms with E-state index in [0.717, 1.165) is 0 Å². The zero-order chi connectivity index (χ0) is 6.57. The van der Waals surface area contributed by atoms with E-state index >= 15 is 0 Å². The van der Waals surface area contributed by atoms with Crippen molar-refractivity contribution in [1.29, 1.82) is 0 Å². The van der Waals surface area contributed by atoms with E-state index < -0.39 is 6.04 Å². The summed E-state index contributed by atoms with van der Waals surface area (Å²) in [6.07, 6.45) is 2.25. The molecule has 0 aromatic rings. The van der Waals surface area contributed by atoms with Crippen molar-refractivity contribution in [1.82, 2.24) is 4.90 Å². The van der Waals surface area contributed by atoms with Crippen molar-refractivity contribution < 1.29 is 9.59 Å². The summed E-state index contributed by atoms with van der Waals surface area (Å²) in [6, 6.07) is -0.424. The molecule has 3 nitrogen and oxygen atoms in total. The smallest absolute Gasteiger partial charge is 0.222 e. The van der Waals surface area contributed by atoms with E-state index in [4.69, 9.17) is 0 Å². The van der Waals surface area contributed by atoms with Gasteiger partial charge in [0.2, 0.25) is 12.7 Å². The Labute approximate surface area is 48.3 Å². The average molecular weight is 114 g/mol. The first-order valence-electron chi connectivity index (χ1n) is 2.27. The maximum atomic E-state index is 9.85. The summed E-state index contributed by atoms with van der Waals surface area (Å²) < 4.78 is 0. The minimum Gasteiger partial charge on any atom is -0.338 e. The number of carbonyl (C=O) groups is 1. The topological polar surface area (TPSA) is 37.4 Å². The first-order chi connectivity index (χ1) is 3.72.